The van der Waals surface area contributed by atoms with Gasteiger partial charge in [0, 0.05) is 59.3 Å². The number of rotatable bonds is 17. The van der Waals surface area contributed by atoms with Crippen molar-refractivity contribution in [1.82, 2.24) is 29.4 Å². The first-order valence-corrected chi connectivity index (χ1v) is 40.0. The number of carbonyl (C=O) groups is 1. The molecule has 0 spiro atoms. The van der Waals surface area contributed by atoms with E-state index in [4.69, 9.17) is 41.7 Å². The molecule has 350 valence electrons. The molecule has 0 unspecified atom stereocenters. The Morgan fingerprint density at radius 2 is 1.13 bits per heavy atom. The smallest absolute Gasteiger partial charge is 1.00 e. The van der Waals surface area contributed by atoms with Gasteiger partial charge in [0.1, 0.15) is 24.4 Å². The molecule has 0 aliphatic rings. The van der Waals surface area contributed by atoms with Gasteiger partial charge < -0.3 is 31.6 Å². The normalized spacial score (nSPS) is 9.73. The summed E-state index contributed by atoms with van der Waals surface area (Å²) in [6.45, 7) is 3.78. The third-order valence-electron chi connectivity index (χ3n) is 5.89. The number of aliphatic hydroxyl groups is 3. The van der Waals surface area contributed by atoms with Crippen LogP contribution >= 0.6 is 118 Å². The second-order valence-corrected chi connectivity index (χ2v) is 31.5. The molecule has 0 aliphatic carbocycles. The van der Waals surface area contributed by atoms with E-state index in [2.05, 4.69) is 150 Å². The van der Waals surface area contributed by atoms with Gasteiger partial charge >= 0.3 is 188 Å². The van der Waals surface area contributed by atoms with E-state index in [-0.39, 0.29) is 202 Å². The van der Waals surface area contributed by atoms with Gasteiger partial charge in [-0.2, -0.15) is 26.3 Å². The van der Waals surface area contributed by atoms with Crippen molar-refractivity contribution in [2.45, 2.75) is 34.1 Å². The van der Waals surface area contributed by atoms with Crippen LogP contribution in [-0.2, 0) is 30.1 Å². The fourth-order valence-electron chi connectivity index (χ4n) is 3.69. The minimum absolute atomic E-state index is 0. The van der Waals surface area contributed by atoms with Crippen molar-refractivity contribution < 1.29 is 204 Å². The Kier molecular flexibility index (Phi) is 58.4. The maximum absolute atomic E-state index is 12.2. The molecule has 0 saturated heterocycles. The molecule has 0 bridgehead atoms. The van der Waals surface area contributed by atoms with Crippen LogP contribution in [0.3, 0.4) is 0 Å². The van der Waals surface area contributed by atoms with Crippen LogP contribution in [0.15, 0.2) is 70.1 Å². The fraction of sp³-hybridized carbons (Fsp3) is 0.344. The van der Waals surface area contributed by atoms with Crippen LogP contribution in [0.25, 0.3) is 22.3 Å². The zero-order chi connectivity index (χ0) is 46.0. The van der Waals surface area contributed by atoms with Crippen LogP contribution in [0.1, 0.15) is 35.5 Å². The van der Waals surface area contributed by atoms with Gasteiger partial charge in [-0.25, -0.2) is 19.9 Å². The molecular weight excluding hydrogens is 1830 g/mol. The Balaban J connectivity index is -0.000000198. The number of halogens is 8. The van der Waals surface area contributed by atoms with Crippen molar-refractivity contribution in [1.29, 1.82) is 0 Å². The van der Waals surface area contributed by atoms with Crippen molar-refractivity contribution in [2.75, 3.05) is 49.0 Å². The maximum Gasteiger partial charge on any atom is 1.00 e. The molecule has 19 nitrogen and oxygen atoms in total. The van der Waals surface area contributed by atoms with Gasteiger partial charge in [0.05, 0.1) is 30.9 Å². The number of hydrogen-bond acceptors (Lipinski definition) is 15. The molecule has 0 saturated carbocycles. The molecule has 63 heavy (non-hydrogen) atoms. The van der Waals surface area contributed by atoms with E-state index in [1.165, 1.54) is 12.7 Å². The number of nitrogens with zero attached hydrogens (tertiary/aromatic N) is 4. The van der Waals surface area contributed by atoms with Crippen LogP contribution in [0, 0.1) is 0 Å². The number of ether oxygens (including phenoxy) is 1. The van der Waals surface area contributed by atoms with Gasteiger partial charge in [0.15, 0.2) is 11.6 Å². The monoisotopic (exact) mass is 1870 g/mol. The zero-order valence-electron chi connectivity index (χ0n) is 34.2. The predicted octanol–water partition coefficient (Wildman–Crippen LogP) is -2.14. The van der Waals surface area contributed by atoms with E-state index in [9.17, 15) is 16.8 Å². The predicted molar refractivity (Wildman–Crippen MR) is 275 cm³/mol. The number of benzene rings is 2. The summed E-state index contributed by atoms with van der Waals surface area (Å²) in [5.41, 5.74) is 2.20. The van der Waals surface area contributed by atoms with Gasteiger partial charge in [-0.05, 0) is 48.2 Å². The van der Waals surface area contributed by atoms with Gasteiger partial charge in [-0.1, -0.05) is 89.0 Å². The van der Waals surface area contributed by atoms with Crippen molar-refractivity contribution in [3.63, 3.8) is 0 Å². The molecule has 0 fully saturated rings. The molecule has 0 aliphatic heterocycles. The number of hydrogen-bond donors (Lipinski definition) is 7. The Hall–Kier alpha value is 4.13. The molecule has 4 aromatic rings. The van der Waals surface area contributed by atoms with Crippen LogP contribution in [0.5, 0.6) is 5.88 Å². The second-order valence-electron chi connectivity index (χ2n) is 10.1. The molecule has 2 heterocycles. The quantitative estimate of drug-likeness (QED) is 0.0195. The number of nitrogens with one attached hydrogen (secondary N) is 4. The first-order chi connectivity index (χ1) is 28.6. The molecular formula is C32H45Br2ClCs2I5N8O11S2-. The van der Waals surface area contributed by atoms with Crippen LogP contribution in [-0.4, -0.2) is 98.1 Å². The van der Waals surface area contributed by atoms with Gasteiger partial charge in [-0.15, -0.1) is 0 Å². The molecule has 0 amide bonds. The summed E-state index contributed by atoms with van der Waals surface area (Å²) >= 11 is 22.4. The number of anilines is 2. The summed E-state index contributed by atoms with van der Waals surface area (Å²) in [4.78, 5) is 27.3. The number of aromatic nitrogens is 4. The maximum atomic E-state index is 12.2. The molecule has 4 rings (SSSR count). The minimum Gasteiger partial charge on any atom is -1.00 e. The minimum atomic E-state index is -3.78. The van der Waals surface area contributed by atoms with E-state index in [0.717, 1.165) is 8.95 Å². The Labute approximate surface area is 563 Å². The fourth-order valence-corrected chi connectivity index (χ4v) is 6.37. The molecule has 0 atom stereocenters. The van der Waals surface area contributed by atoms with E-state index in [1.54, 1.807) is 24.3 Å². The van der Waals surface area contributed by atoms with E-state index in [1.807, 2.05) is 38.1 Å². The summed E-state index contributed by atoms with van der Waals surface area (Å²) in [6, 6.07) is 14.4. The molecule has 2 aromatic carbocycles. The molecule has 0 radical (unpaired) electrons. The van der Waals surface area contributed by atoms with Crippen molar-refractivity contribution >= 4 is 156 Å². The second kappa shape index (κ2) is 48.4. The van der Waals surface area contributed by atoms with E-state index in [0.29, 0.717) is 61.4 Å². The van der Waals surface area contributed by atoms with Gasteiger partial charge in [-0.3, -0.25) is 14.2 Å². The summed E-state index contributed by atoms with van der Waals surface area (Å²) in [5.74, 6) is 0.402. The Bertz CT molecular complexity index is 2000. The van der Waals surface area contributed by atoms with E-state index < -0.39 is 20.4 Å². The van der Waals surface area contributed by atoms with Gasteiger partial charge in [0.2, 0.25) is 5.88 Å². The van der Waals surface area contributed by atoms with E-state index >= 15 is 0 Å². The van der Waals surface area contributed by atoms with Crippen molar-refractivity contribution in [2.24, 2.45) is 0 Å². The van der Waals surface area contributed by atoms with Gasteiger partial charge in [0.25, 0.3) is 26.9 Å². The van der Waals surface area contributed by atoms with Crippen LogP contribution in [0.4, 0.5) is 11.6 Å². The third kappa shape index (κ3) is 36.7. The first kappa shape index (κ1) is 76.1. The average Bonchev–Trinajstić information content (AvgIpc) is 3.23. The zero-order valence-corrected chi connectivity index (χ0v) is 62.2. The van der Waals surface area contributed by atoms with Crippen LogP contribution < -0.4 is 180 Å². The Morgan fingerprint density at radius 3 is 1.48 bits per heavy atom. The topological polar surface area (TPSA) is 287 Å². The number of carbonyl (C=O) groups excluding carboxylic acids is 1. The Morgan fingerprint density at radius 1 is 0.762 bits per heavy atom. The van der Waals surface area contributed by atoms with Crippen molar-refractivity contribution in [3.05, 3.63) is 75.3 Å². The molecule has 7 N–H and O–H groups in total. The van der Waals surface area contributed by atoms with Crippen molar-refractivity contribution in [3.8, 4) is 28.1 Å². The first-order valence-electron chi connectivity index (χ1n) is 16.2. The molecule has 31 heteroatoms. The summed E-state index contributed by atoms with van der Waals surface area (Å²) in [7, 11) is -7.49. The third-order valence-corrected chi connectivity index (χ3v) is 9.33. The molecule has 2 aromatic heterocycles. The number of aliphatic hydroxyl groups excluding tert-OH is 3. The summed E-state index contributed by atoms with van der Waals surface area (Å²) in [6.07, 6.45) is 3.76. The SMILES string of the molecule is C.CCCNS(=O)(=O)Nc1ncnc(Cl)c1-c1ccc(Br)cc1.CCCNS(=O)(=O)Nc1ncnc(OCCO)c1-c1ccc(Br)cc1.II.I[I-]I.O=CO[O-].OCCO.[Cs+].[Cs+].[H-]. The van der Waals surface area contributed by atoms with Crippen LogP contribution in [0.2, 0.25) is 5.15 Å². The largest absolute Gasteiger partial charge is 1.00 e. The standard InChI is InChI=1S/C15H19BrN4O4S.C13H14BrClN4O2S.C2H6O2.CH2O3.CH4.2Cs.I3.I2.H/c1-2-7-19-25(22,23)20-14-13(11-3-5-12(16)6-4-11)15(18-10-17-14)24-9-8-21;1-2-7-18-22(20,21)19-13-11(12(15)16-8-17-13)9-3-5-10(14)6-4-9;3-1-2-4;2-1-4-3;;;;1-3-2;1-2;/h3-6,10,19,21H,2,7-9H2,1H3,(H,17,18,20);3-6,8,18H,2,7H2,1H3,(H,16,17,19);3-4H,1-2H2;1,3H;1H4;;;;;/q;;;;;2*+1;-1;;-1/p-1. The summed E-state index contributed by atoms with van der Waals surface area (Å²) < 4.78 is 65.1. The average molecular weight is 1880 g/mol. The summed E-state index contributed by atoms with van der Waals surface area (Å²) in [5, 5.41) is 32.8.